The Hall–Kier alpha value is -1.92. The number of aliphatic hydroxyl groups is 1. The molecule has 1 aliphatic heterocycles. The van der Waals surface area contributed by atoms with Gasteiger partial charge in [-0.3, -0.25) is 9.69 Å². The molecule has 0 spiro atoms. The molecule has 1 fully saturated rings. The summed E-state index contributed by atoms with van der Waals surface area (Å²) in [4.78, 5) is 25.4. The van der Waals surface area contributed by atoms with Crippen molar-refractivity contribution in [3.63, 3.8) is 0 Å². The van der Waals surface area contributed by atoms with Gasteiger partial charge in [0.2, 0.25) is 0 Å². The smallest absolute Gasteiger partial charge is 0.334 e. The van der Waals surface area contributed by atoms with Crippen LogP contribution in [0.4, 0.5) is 0 Å². The number of carbonyl (C=O) groups excluding carboxylic acids is 1. The van der Waals surface area contributed by atoms with Gasteiger partial charge < -0.3 is 14.9 Å². The average Bonchev–Trinajstić information content (AvgIpc) is 3.02. The number of aliphatic carboxylic acids is 1. The zero-order valence-electron chi connectivity index (χ0n) is 14.1. The Morgan fingerprint density at radius 1 is 1.29 bits per heavy atom. The predicted octanol–water partition coefficient (Wildman–Crippen LogP) is 1.66. The number of benzene rings is 1. The fourth-order valence-electron chi connectivity index (χ4n) is 3.30. The van der Waals surface area contributed by atoms with Crippen molar-refractivity contribution in [1.29, 1.82) is 0 Å². The second-order valence-corrected chi connectivity index (χ2v) is 6.51. The zero-order valence-corrected chi connectivity index (χ0v) is 14.1. The molecule has 1 unspecified atom stereocenters. The van der Waals surface area contributed by atoms with Gasteiger partial charge in [-0.05, 0) is 30.9 Å². The highest BCUT2D eigenvalue weighted by Gasteiger charge is 2.42. The molecular formula is C18H25NO5. The number of esters is 1. The highest BCUT2D eigenvalue weighted by molar-refractivity contribution is 5.77. The first-order chi connectivity index (χ1) is 11.4. The van der Waals surface area contributed by atoms with E-state index in [4.69, 9.17) is 9.84 Å². The Balaban J connectivity index is 2.05. The number of hydrogen-bond donors (Lipinski definition) is 2. The molecule has 1 heterocycles. The summed E-state index contributed by atoms with van der Waals surface area (Å²) in [5, 5.41) is 19.2. The normalized spacial score (nSPS) is 20.8. The predicted molar refractivity (Wildman–Crippen MR) is 88.2 cm³/mol. The maximum absolute atomic E-state index is 12.5. The standard InChI is InChI=1S/C18H25NO5/c1-12(2)15(16(20)17(21)22)19-10-6-9-14(19)18(23)24-11-13-7-4-3-5-8-13/h3-5,7-8,12,14-16,20H,6,9-11H2,1-2H3,(H,21,22)/t14-,15-,16?/m0/s1. The van der Waals surface area contributed by atoms with E-state index in [9.17, 15) is 14.7 Å². The largest absolute Gasteiger partial charge is 0.479 e. The van der Waals surface area contributed by atoms with Gasteiger partial charge in [0.1, 0.15) is 12.6 Å². The molecule has 1 aliphatic rings. The Kier molecular flexibility index (Phi) is 6.34. The van der Waals surface area contributed by atoms with Gasteiger partial charge in [0.25, 0.3) is 0 Å². The van der Waals surface area contributed by atoms with E-state index in [1.54, 1.807) is 4.90 Å². The number of aliphatic hydroxyl groups excluding tert-OH is 1. The molecule has 2 rings (SSSR count). The van der Waals surface area contributed by atoms with E-state index in [2.05, 4.69) is 0 Å². The molecule has 132 valence electrons. The molecular weight excluding hydrogens is 310 g/mol. The fourth-order valence-corrected chi connectivity index (χ4v) is 3.30. The van der Waals surface area contributed by atoms with Crippen LogP contribution >= 0.6 is 0 Å². The number of likely N-dealkylation sites (tertiary alicyclic amines) is 1. The van der Waals surface area contributed by atoms with Crippen LogP contribution < -0.4 is 0 Å². The van der Waals surface area contributed by atoms with E-state index in [0.717, 1.165) is 12.0 Å². The maximum Gasteiger partial charge on any atom is 0.334 e. The van der Waals surface area contributed by atoms with Crippen molar-refractivity contribution in [2.75, 3.05) is 6.54 Å². The summed E-state index contributed by atoms with van der Waals surface area (Å²) in [7, 11) is 0. The van der Waals surface area contributed by atoms with Crippen molar-refractivity contribution < 1.29 is 24.5 Å². The van der Waals surface area contributed by atoms with Gasteiger partial charge in [-0.1, -0.05) is 44.2 Å². The molecule has 2 N–H and O–H groups in total. The monoisotopic (exact) mass is 335 g/mol. The Morgan fingerprint density at radius 3 is 2.54 bits per heavy atom. The van der Waals surface area contributed by atoms with Crippen LogP contribution in [0.25, 0.3) is 0 Å². The number of hydrogen-bond acceptors (Lipinski definition) is 5. The summed E-state index contributed by atoms with van der Waals surface area (Å²) in [6, 6.07) is 8.29. The molecule has 0 amide bonds. The van der Waals surface area contributed by atoms with Gasteiger partial charge in [-0.15, -0.1) is 0 Å². The van der Waals surface area contributed by atoms with Crippen LogP contribution in [0.15, 0.2) is 30.3 Å². The molecule has 0 aliphatic carbocycles. The molecule has 0 saturated carbocycles. The third kappa shape index (κ3) is 4.33. The number of ether oxygens (including phenoxy) is 1. The molecule has 1 aromatic carbocycles. The third-order valence-electron chi connectivity index (χ3n) is 4.43. The molecule has 1 aromatic rings. The maximum atomic E-state index is 12.5. The van der Waals surface area contributed by atoms with Crippen molar-refractivity contribution in [3.8, 4) is 0 Å². The van der Waals surface area contributed by atoms with E-state index in [0.29, 0.717) is 13.0 Å². The Morgan fingerprint density at radius 2 is 1.96 bits per heavy atom. The van der Waals surface area contributed by atoms with Gasteiger partial charge in [0.05, 0.1) is 0 Å². The number of carbonyl (C=O) groups is 2. The molecule has 3 atom stereocenters. The van der Waals surface area contributed by atoms with Crippen molar-refractivity contribution in [2.24, 2.45) is 5.92 Å². The van der Waals surface area contributed by atoms with Gasteiger partial charge >= 0.3 is 11.9 Å². The highest BCUT2D eigenvalue weighted by atomic mass is 16.5. The second-order valence-electron chi connectivity index (χ2n) is 6.51. The van der Waals surface area contributed by atoms with Crippen LogP contribution in [0, 0.1) is 5.92 Å². The summed E-state index contributed by atoms with van der Waals surface area (Å²) < 4.78 is 5.40. The number of carboxylic acids is 1. The van der Waals surface area contributed by atoms with Crippen molar-refractivity contribution in [3.05, 3.63) is 35.9 Å². The van der Waals surface area contributed by atoms with Crippen LogP contribution in [0.3, 0.4) is 0 Å². The van der Waals surface area contributed by atoms with Crippen LogP contribution in [0.5, 0.6) is 0 Å². The lowest BCUT2D eigenvalue weighted by atomic mass is 9.96. The van der Waals surface area contributed by atoms with Gasteiger partial charge in [0, 0.05) is 6.04 Å². The van der Waals surface area contributed by atoms with E-state index < -0.39 is 24.2 Å². The van der Waals surface area contributed by atoms with Crippen molar-refractivity contribution in [2.45, 2.75) is 51.5 Å². The second kappa shape index (κ2) is 8.26. The quantitative estimate of drug-likeness (QED) is 0.737. The molecule has 6 nitrogen and oxygen atoms in total. The first kappa shape index (κ1) is 18.4. The summed E-state index contributed by atoms with van der Waals surface area (Å²) in [6.07, 6.45) is -0.128. The number of carboxylic acid groups (broad SMARTS) is 1. The Bertz CT molecular complexity index is 560. The van der Waals surface area contributed by atoms with Crippen LogP contribution in [-0.4, -0.2) is 51.8 Å². The van der Waals surface area contributed by atoms with Crippen LogP contribution in [0.1, 0.15) is 32.3 Å². The van der Waals surface area contributed by atoms with Crippen LogP contribution in [0.2, 0.25) is 0 Å². The van der Waals surface area contributed by atoms with E-state index in [-0.39, 0.29) is 18.5 Å². The first-order valence-electron chi connectivity index (χ1n) is 8.29. The lowest BCUT2D eigenvalue weighted by Gasteiger charge is -2.36. The molecule has 6 heteroatoms. The topological polar surface area (TPSA) is 87.1 Å². The van der Waals surface area contributed by atoms with E-state index in [1.165, 1.54) is 0 Å². The minimum Gasteiger partial charge on any atom is -0.479 e. The fraction of sp³-hybridized carbons (Fsp3) is 0.556. The molecule has 0 aromatic heterocycles. The Labute approximate surface area is 142 Å². The number of rotatable bonds is 7. The van der Waals surface area contributed by atoms with E-state index >= 15 is 0 Å². The minimum atomic E-state index is -1.52. The molecule has 0 bridgehead atoms. The minimum absolute atomic E-state index is 0.0985. The summed E-state index contributed by atoms with van der Waals surface area (Å²) >= 11 is 0. The summed E-state index contributed by atoms with van der Waals surface area (Å²) in [5.74, 6) is -1.73. The summed E-state index contributed by atoms with van der Waals surface area (Å²) in [5.41, 5.74) is 0.904. The SMILES string of the molecule is CC(C)[C@@H](C(O)C(=O)O)N1CCC[C@H]1C(=O)OCc1ccccc1. The summed E-state index contributed by atoms with van der Waals surface area (Å²) in [6.45, 7) is 4.47. The average molecular weight is 335 g/mol. The molecule has 0 radical (unpaired) electrons. The zero-order chi connectivity index (χ0) is 17.7. The van der Waals surface area contributed by atoms with Gasteiger partial charge in [0.15, 0.2) is 6.10 Å². The molecule has 1 saturated heterocycles. The van der Waals surface area contributed by atoms with Crippen molar-refractivity contribution in [1.82, 2.24) is 4.90 Å². The lowest BCUT2D eigenvalue weighted by molar-refractivity contribution is -0.159. The third-order valence-corrected chi connectivity index (χ3v) is 4.43. The molecule has 24 heavy (non-hydrogen) atoms. The number of nitrogens with zero attached hydrogens (tertiary/aromatic N) is 1. The van der Waals surface area contributed by atoms with Gasteiger partial charge in [-0.2, -0.15) is 0 Å². The first-order valence-corrected chi connectivity index (χ1v) is 8.29. The van der Waals surface area contributed by atoms with E-state index in [1.807, 2.05) is 44.2 Å². The van der Waals surface area contributed by atoms with Crippen molar-refractivity contribution >= 4 is 11.9 Å². The van der Waals surface area contributed by atoms with Crippen LogP contribution in [-0.2, 0) is 20.9 Å². The van der Waals surface area contributed by atoms with Gasteiger partial charge in [-0.25, -0.2) is 4.79 Å². The lowest BCUT2D eigenvalue weighted by Crippen LogP contribution is -2.54. The highest BCUT2D eigenvalue weighted by Crippen LogP contribution is 2.27.